The van der Waals surface area contributed by atoms with Gasteiger partial charge in [-0.25, -0.2) is 0 Å². The van der Waals surface area contributed by atoms with E-state index < -0.39 is 0 Å². The lowest BCUT2D eigenvalue weighted by atomic mass is 10.2. The first-order valence-electron chi connectivity index (χ1n) is 8.02. The first kappa shape index (κ1) is 16.9. The Morgan fingerprint density at radius 2 is 1.74 bits per heavy atom. The smallest absolute Gasteiger partial charge is 0.126 e. The van der Waals surface area contributed by atoms with Gasteiger partial charge in [-0.3, -0.25) is 4.99 Å². The molecule has 4 heteroatoms. The predicted octanol–water partition coefficient (Wildman–Crippen LogP) is 4.39. The molecule has 4 nitrogen and oxygen atoms in total. The molecule has 0 aromatic heterocycles. The topological polar surface area (TPSA) is 45.1 Å². The van der Waals surface area contributed by atoms with Crippen molar-refractivity contribution in [3.05, 3.63) is 48.0 Å². The van der Waals surface area contributed by atoms with Crippen molar-refractivity contribution in [3.63, 3.8) is 0 Å². The van der Waals surface area contributed by atoms with Gasteiger partial charge in [0.1, 0.15) is 11.5 Å². The highest BCUT2D eigenvalue weighted by Crippen LogP contribution is 2.24. The van der Waals surface area contributed by atoms with Crippen LogP contribution in [0.3, 0.4) is 0 Å². The molecule has 0 fully saturated rings. The van der Waals surface area contributed by atoms with Crippen molar-refractivity contribution in [1.82, 2.24) is 0 Å². The van der Waals surface area contributed by atoms with Gasteiger partial charge < -0.3 is 14.7 Å². The summed E-state index contributed by atoms with van der Waals surface area (Å²) in [6.45, 7) is 8.63. The molecule has 0 radical (unpaired) electrons. The maximum Gasteiger partial charge on any atom is 0.126 e. The second kappa shape index (κ2) is 8.22. The average Bonchev–Trinajstić information content (AvgIpc) is 2.57. The molecule has 1 N–H and O–H groups in total. The van der Waals surface area contributed by atoms with E-state index in [1.807, 2.05) is 43.3 Å². The molecule has 0 saturated carbocycles. The largest absolute Gasteiger partial charge is 0.507 e. The molecule has 2 rings (SSSR count). The zero-order chi connectivity index (χ0) is 16.7. The molecule has 0 aliphatic heterocycles. The van der Waals surface area contributed by atoms with Crippen LogP contribution in [0.25, 0.3) is 0 Å². The number of anilines is 1. The second-order valence-electron chi connectivity index (χ2n) is 5.10. The Balaban J connectivity index is 2.13. The van der Waals surface area contributed by atoms with Crippen LogP contribution in [-0.4, -0.2) is 31.0 Å². The first-order chi connectivity index (χ1) is 11.2. The number of phenolic OH excluding ortho intramolecular Hbond substituents is 1. The lowest BCUT2D eigenvalue weighted by Gasteiger charge is -2.21. The van der Waals surface area contributed by atoms with Crippen LogP contribution >= 0.6 is 0 Å². The van der Waals surface area contributed by atoms with Gasteiger partial charge >= 0.3 is 0 Å². The van der Waals surface area contributed by atoms with Crippen molar-refractivity contribution in [2.75, 3.05) is 24.6 Å². The third-order valence-corrected chi connectivity index (χ3v) is 3.64. The monoisotopic (exact) mass is 312 g/mol. The minimum Gasteiger partial charge on any atom is -0.507 e. The maximum absolute atomic E-state index is 10.2. The van der Waals surface area contributed by atoms with E-state index in [1.165, 1.54) is 0 Å². The van der Waals surface area contributed by atoms with Crippen LogP contribution in [0.15, 0.2) is 47.5 Å². The molecule has 0 atom stereocenters. The van der Waals surface area contributed by atoms with Crippen LogP contribution in [0.1, 0.15) is 26.3 Å². The molecule has 0 unspecified atom stereocenters. The van der Waals surface area contributed by atoms with Crippen LogP contribution in [0.2, 0.25) is 0 Å². The van der Waals surface area contributed by atoms with Crippen molar-refractivity contribution in [2.24, 2.45) is 4.99 Å². The molecule has 0 heterocycles. The third-order valence-electron chi connectivity index (χ3n) is 3.64. The Morgan fingerprint density at radius 1 is 1.04 bits per heavy atom. The molecule has 2 aromatic rings. The summed E-state index contributed by atoms with van der Waals surface area (Å²) in [7, 11) is 0. The van der Waals surface area contributed by atoms with Gasteiger partial charge in [-0.2, -0.15) is 0 Å². The van der Waals surface area contributed by atoms with Crippen LogP contribution in [-0.2, 0) is 0 Å². The number of aromatic hydroxyl groups is 1. The fourth-order valence-electron chi connectivity index (χ4n) is 2.37. The van der Waals surface area contributed by atoms with Gasteiger partial charge in [0.2, 0.25) is 0 Å². The molecule has 0 aliphatic carbocycles. The van der Waals surface area contributed by atoms with Crippen LogP contribution < -0.4 is 9.64 Å². The number of nitrogens with zero attached hydrogens (tertiary/aromatic N) is 2. The number of ether oxygens (including phenoxy) is 1. The highest BCUT2D eigenvalue weighted by molar-refractivity contribution is 5.86. The molecule has 23 heavy (non-hydrogen) atoms. The molecule has 2 aromatic carbocycles. The highest BCUT2D eigenvalue weighted by atomic mass is 16.5. The second-order valence-corrected chi connectivity index (χ2v) is 5.10. The Labute approximate surface area is 138 Å². The van der Waals surface area contributed by atoms with Gasteiger partial charge in [0.15, 0.2) is 0 Å². The van der Waals surface area contributed by atoms with Crippen LogP contribution in [0.5, 0.6) is 11.5 Å². The SMILES string of the molecule is CCOc1ccc(N=Cc2ccc(N(CC)CC)cc2O)cc1. The zero-order valence-corrected chi connectivity index (χ0v) is 14.0. The molecule has 0 saturated heterocycles. The van der Waals surface area contributed by atoms with E-state index in [0.29, 0.717) is 12.2 Å². The van der Waals surface area contributed by atoms with Crippen molar-refractivity contribution in [1.29, 1.82) is 0 Å². The molecular weight excluding hydrogens is 288 g/mol. The maximum atomic E-state index is 10.2. The van der Waals surface area contributed by atoms with E-state index >= 15 is 0 Å². The normalized spacial score (nSPS) is 10.9. The lowest BCUT2D eigenvalue weighted by Crippen LogP contribution is -2.21. The van der Waals surface area contributed by atoms with Gasteiger partial charge in [0.25, 0.3) is 0 Å². The van der Waals surface area contributed by atoms with Crippen molar-refractivity contribution >= 4 is 17.6 Å². The van der Waals surface area contributed by atoms with Gasteiger partial charge in [-0.15, -0.1) is 0 Å². The first-order valence-corrected chi connectivity index (χ1v) is 8.02. The minimum absolute atomic E-state index is 0.240. The van der Waals surface area contributed by atoms with Crippen LogP contribution in [0.4, 0.5) is 11.4 Å². The number of rotatable bonds is 7. The van der Waals surface area contributed by atoms with E-state index in [1.54, 1.807) is 12.3 Å². The number of hydrogen-bond donors (Lipinski definition) is 1. The van der Waals surface area contributed by atoms with E-state index in [2.05, 4.69) is 23.7 Å². The number of benzene rings is 2. The lowest BCUT2D eigenvalue weighted by molar-refractivity contribution is 0.340. The van der Waals surface area contributed by atoms with Crippen molar-refractivity contribution < 1.29 is 9.84 Å². The molecule has 0 aliphatic rings. The van der Waals surface area contributed by atoms with E-state index in [-0.39, 0.29) is 5.75 Å². The minimum atomic E-state index is 0.240. The average molecular weight is 312 g/mol. The van der Waals surface area contributed by atoms with E-state index in [4.69, 9.17) is 4.74 Å². The number of hydrogen-bond acceptors (Lipinski definition) is 4. The van der Waals surface area contributed by atoms with Gasteiger partial charge in [-0.1, -0.05) is 0 Å². The number of aliphatic imine (C=N–C) groups is 1. The summed E-state index contributed by atoms with van der Waals surface area (Å²) in [6, 6.07) is 13.2. The predicted molar refractivity (Wildman–Crippen MR) is 96.5 cm³/mol. The Morgan fingerprint density at radius 3 is 2.30 bits per heavy atom. The van der Waals surface area contributed by atoms with Gasteiger partial charge in [-0.05, 0) is 57.2 Å². The van der Waals surface area contributed by atoms with Gasteiger partial charge in [0.05, 0.1) is 12.3 Å². The number of phenols is 1. The van der Waals surface area contributed by atoms with Crippen LogP contribution in [0, 0.1) is 0 Å². The molecular formula is C19H24N2O2. The Bertz CT molecular complexity index is 647. The fourth-order valence-corrected chi connectivity index (χ4v) is 2.37. The van der Waals surface area contributed by atoms with E-state index in [9.17, 15) is 5.11 Å². The summed E-state index contributed by atoms with van der Waals surface area (Å²) in [6.07, 6.45) is 1.68. The summed E-state index contributed by atoms with van der Waals surface area (Å²) in [5.74, 6) is 1.07. The highest BCUT2D eigenvalue weighted by Gasteiger charge is 2.05. The third kappa shape index (κ3) is 4.49. The van der Waals surface area contributed by atoms with E-state index in [0.717, 1.165) is 30.2 Å². The summed E-state index contributed by atoms with van der Waals surface area (Å²) in [5.41, 5.74) is 2.54. The van der Waals surface area contributed by atoms with Crippen molar-refractivity contribution in [2.45, 2.75) is 20.8 Å². The zero-order valence-electron chi connectivity index (χ0n) is 14.0. The fraction of sp³-hybridized carbons (Fsp3) is 0.316. The summed E-state index contributed by atoms with van der Waals surface area (Å²) >= 11 is 0. The Hall–Kier alpha value is -2.49. The summed E-state index contributed by atoms with van der Waals surface area (Å²) in [5, 5.41) is 10.2. The quantitative estimate of drug-likeness (QED) is 0.771. The molecule has 0 amide bonds. The summed E-state index contributed by atoms with van der Waals surface area (Å²) < 4.78 is 5.40. The summed E-state index contributed by atoms with van der Waals surface area (Å²) in [4.78, 5) is 6.59. The molecule has 0 bridgehead atoms. The van der Waals surface area contributed by atoms with Crippen molar-refractivity contribution in [3.8, 4) is 11.5 Å². The van der Waals surface area contributed by atoms with Gasteiger partial charge in [0, 0.05) is 36.6 Å². The Kier molecular flexibility index (Phi) is 6.03. The molecule has 0 spiro atoms. The standard InChI is InChI=1S/C19H24N2O2/c1-4-21(5-2)17-10-7-15(19(22)13-17)14-20-16-8-11-18(12-9-16)23-6-3/h7-14,22H,4-6H2,1-3H3. The molecule has 122 valence electrons.